The van der Waals surface area contributed by atoms with Gasteiger partial charge in [-0.15, -0.1) is 11.3 Å². The Labute approximate surface area is 199 Å². The molecule has 174 valence electrons. The number of likely N-dealkylation sites (tertiary alicyclic amines) is 1. The molecule has 5 rings (SSSR count). The van der Waals surface area contributed by atoms with Gasteiger partial charge in [0.2, 0.25) is 0 Å². The molecule has 1 fully saturated rings. The Balaban J connectivity index is 1.32. The third-order valence-electron chi connectivity index (χ3n) is 6.89. The highest BCUT2D eigenvalue weighted by Gasteiger charge is 2.39. The minimum atomic E-state index is -0.207. The Morgan fingerprint density at radius 3 is 2.79 bits per heavy atom. The van der Waals surface area contributed by atoms with Crippen molar-refractivity contribution in [2.45, 2.75) is 57.8 Å². The van der Waals surface area contributed by atoms with E-state index in [1.54, 1.807) is 17.5 Å². The summed E-state index contributed by atoms with van der Waals surface area (Å²) in [6, 6.07) is 10.8. The van der Waals surface area contributed by atoms with Crippen LogP contribution < -0.4 is 5.32 Å². The Morgan fingerprint density at radius 2 is 2.06 bits per heavy atom. The number of anilines is 1. The van der Waals surface area contributed by atoms with E-state index >= 15 is 0 Å². The van der Waals surface area contributed by atoms with Gasteiger partial charge in [-0.3, -0.25) is 9.69 Å². The number of aromatic nitrogens is 3. The van der Waals surface area contributed by atoms with Crippen molar-refractivity contribution >= 4 is 23.1 Å². The minimum Gasteiger partial charge on any atom is -0.360 e. The lowest BCUT2D eigenvalue weighted by atomic mass is 9.93. The zero-order valence-corrected chi connectivity index (χ0v) is 20.6. The number of nitrogens with one attached hydrogen (secondary N) is 1. The van der Waals surface area contributed by atoms with Gasteiger partial charge in [0.1, 0.15) is 16.4 Å². The average molecular weight is 465 g/mol. The van der Waals surface area contributed by atoms with Gasteiger partial charge in [-0.2, -0.15) is 5.10 Å². The van der Waals surface area contributed by atoms with Crippen molar-refractivity contribution in [3.05, 3.63) is 63.7 Å². The monoisotopic (exact) mass is 464 g/mol. The van der Waals surface area contributed by atoms with Crippen molar-refractivity contribution in [3.63, 3.8) is 0 Å². The summed E-state index contributed by atoms with van der Waals surface area (Å²) in [6.45, 7) is 9.24. The van der Waals surface area contributed by atoms with Gasteiger partial charge in [0.05, 0.1) is 17.8 Å². The van der Waals surface area contributed by atoms with Gasteiger partial charge in [-0.05, 0) is 39.2 Å². The highest BCUT2D eigenvalue weighted by molar-refractivity contribution is 7.11. The number of benzene rings is 1. The highest BCUT2D eigenvalue weighted by atomic mass is 32.1. The molecule has 1 amide bonds. The smallest absolute Gasteiger partial charge is 0.259 e. The topological polar surface area (TPSA) is 66.3 Å². The largest absolute Gasteiger partial charge is 0.360 e. The Hall–Kier alpha value is -2.71. The molecule has 1 N–H and O–H groups in total. The van der Waals surface area contributed by atoms with Crippen LogP contribution in [0, 0.1) is 6.92 Å². The van der Waals surface area contributed by atoms with Crippen LogP contribution in [0.5, 0.6) is 0 Å². The number of rotatable bonds is 5. The van der Waals surface area contributed by atoms with Crippen LogP contribution in [-0.4, -0.2) is 56.7 Å². The van der Waals surface area contributed by atoms with E-state index in [9.17, 15) is 4.79 Å². The number of thiazole rings is 1. The number of hydrogen-bond acceptors (Lipinski definition) is 6. The molecule has 2 aliphatic heterocycles. The van der Waals surface area contributed by atoms with Gasteiger partial charge < -0.3 is 10.2 Å². The molecule has 2 aliphatic rings. The van der Waals surface area contributed by atoms with E-state index in [-0.39, 0.29) is 23.5 Å². The van der Waals surface area contributed by atoms with Crippen LogP contribution in [0.15, 0.2) is 42.7 Å². The summed E-state index contributed by atoms with van der Waals surface area (Å²) in [5, 5.41) is 9.27. The SMILES string of the molecule is Cc1cnc(C2CC(C)(C)n3ncc(C(=O)N(C)C4CCN(Cc5ccccc5)C4)c3N2)s1. The van der Waals surface area contributed by atoms with Crippen LogP contribution >= 0.6 is 11.3 Å². The van der Waals surface area contributed by atoms with Crippen LogP contribution in [0.2, 0.25) is 0 Å². The summed E-state index contributed by atoms with van der Waals surface area (Å²) in [6.07, 6.45) is 5.50. The van der Waals surface area contributed by atoms with E-state index in [0.717, 1.165) is 43.3 Å². The molecule has 1 saturated heterocycles. The second kappa shape index (κ2) is 8.57. The maximum absolute atomic E-state index is 13.6. The van der Waals surface area contributed by atoms with Gasteiger partial charge in [-0.1, -0.05) is 30.3 Å². The van der Waals surface area contributed by atoms with Crippen LogP contribution in [0.3, 0.4) is 0 Å². The van der Waals surface area contributed by atoms with Crippen molar-refractivity contribution in [1.82, 2.24) is 24.6 Å². The molecule has 0 bridgehead atoms. The van der Waals surface area contributed by atoms with Crippen molar-refractivity contribution in [2.24, 2.45) is 0 Å². The number of aryl methyl sites for hydroxylation is 1. The third-order valence-corrected chi connectivity index (χ3v) is 7.92. The number of carbonyl (C=O) groups excluding carboxylic acids is 1. The van der Waals surface area contributed by atoms with Crippen LogP contribution in [0.1, 0.15) is 58.5 Å². The summed E-state index contributed by atoms with van der Waals surface area (Å²) in [5.41, 5.74) is 1.75. The van der Waals surface area contributed by atoms with Gasteiger partial charge in [-0.25, -0.2) is 9.67 Å². The molecule has 0 spiro atoms. The normalized spacial score (nSPS) is 22.1. The van der Waals surface area contributed by atoms with E-state index in [2.05, 4.69) is 65.3 Å². The van der Waals surface area contributed by atoms with Gasteiger partial charge >= 0.3 is 0 Å². The average Bonchev–Trinajstić information content (AvgIpc) is 3.53. The Bertz CT molecular complexity index is 1140. The first-order valence-electron chi connectivity index (χ1n) is 11.6. The van der Waals surface area contributed by atoms with Crippen molar-refractivity contribution in [1.29, 1.82) is 0 Å². The quantitative estimate of drug-likeness (QED) is 0.610. The summed E-state index contributed by atoms with van der Waals surface area (Å²) in [7, 11) is 1.93. The molecule has 33 heavy (non-hydrogen) atoms. The molecule has 0 saturated carbocycles. The van der Waals surface area contributed by atoms with Gasteiger partial charge in [0.25, 0.3) is 5.91 Å². The fourth-order valence-corrected chi connectivity index (χ4v) is 5.88. The number of fused-ring (bicyclic) bond motifs is 1. The fraction of sp³-hybridized carbons (Fsp3) is 0.480. The van der Waals surface area contributed by atoms with E-state index in [0.29, 0.717) is 5.56 Å². The molecule has 8 heteroatoms. The standard InChI is InChI=1S/C25H32N6OS/c1-17-13-26-23(33-17)21-12-25(2,3)31-22(28-21)20(14-27-31)24(32)29(4)19-10-11-30(16-19)15-18-8-6-5-7-9-18/h5-9,13-14,19,21,28H,10-12,15-16H2,1-4H3. The molecule has 2 aromatic heterocycles. The second-order valence-corrected chi connectivity index (χ2v) is 11.2. The van der Waals surface area contributed by atoms with E-state index in [1.165, 1.54) is 10.4 Å². The molecule has 2 atom stereocenters. The van der Waals surface area contributed by atoms with E-state index < -0.39 is 0 Å². The van der Waals surface area contributed by atoms with Crippen LogP contribution in [0.25, 0.3) is 0 Å². The highest BCUT2D eigenvalue weighted by Crippen LogP contribution is 2.41. The van der Waals surface area contributed by atoms with Crippen LogP contribution in [0.4, 0.5) is 5.82 Å². The fourth-order valence-electron chi connectivity index (χ4n) is 5.06. The molecule has 7 nitrogen and oxygen atoms in total. The lowest BCUT2D eigenvalue weighted by molar-refractivity contribution is 0.0735. The Morgan fingerprint density at radius 1 is 1.27 bits per heavy atom. The molecule has 3 aromatic rings. The van der Waals surface area contributed by atoms with E-state index in [4.69, 9.17) is 0 Å². The number of carbonyl (C=O) groups is 1. The predicted octanol–water partition coefficient (Wildman–Crippen LogP) is 4.29. The maximum atomic E-state index is 13.6. The van der Waals surface area contributed by atoms with E-state index in [1.807, 2.05) is 28.9 Å². The summed E-state index contributed by atoms with van der Waals surface area (Å²) < 4.78 is 1.97. The molecule has 1 aromatic carbocycles. The minimum absolute atomic E-state index is 0.0297. The zero-order chi connectivity index (χ0) is 23.2. The molecule has 2 unspecified atom stereocenters. The van der Waals surface area contributed by atoms with Crippen LogP contribution in [-0.2, 0) is 12.1 Å². The maximum Gasteiger partial charge on any atom is 0.259 e. The zero-order valence-electron chi connectivity index (χ0n) is 19.8. The number of amides is 1. The molecular formula is C25H32N6OS. The summed E-state index contributed by atoms with van der Waals surface area (Å²) in [5.74, 6) is 0.835. The lowest BCUT2D eigenvalue weighted by Crippen LogP contribution is -2.41. The molecule has 4 heterocycles. The predicted molar refractivity (Wildman–Crippen MR) is 132 cm³/mol. The Kier molecular flexibility index (Phi) is 5.74. The number of likely N-dealkylation sites (N-methyl/N-ethyl adjacent to an activating group) is 1. The van der Waals surface area contributed by atoms with Gasteiger partial charge in [0.15, 0.2) is 0 Å². The molecule has 0 radical (unpaired) electrons. The van der Waals surface area contributed by atoms with Gasteiger partial charge in [0, 0.05) is 43.8 Å². The van der Waals surface area contributed by atoms with Crippen molar-refractivity contribution in [3.8, 4) is 0 Å². The van der Waals surface area contributed by atoms with Crippen molar-refractivity contribution in [2.75, 3.05) is 25.5 Å². The first-order chi connectivity index (χ1) is 15.8. The first-order valence-corrected chi connectivity index (χ1v) is 12.4. The number of nitrogens with zero attached hydrogens (tertiary/aromatic N) is 5. The summed E-state index contributed by atoms with van der Waals surface area (Å²) in [4.78, 5) is 23.7. The number of hydrogen-bond donors (Lipinski definition) is 1. The first kappa shape index (κ1) is 22.1. The second-order valence-electron chi connectivity index (χ2n) is 9.92. The molecular weight excluding hydrogens is 432 g/mol. The third kappa shape index (κ3) is 4.29. The molecule has 0 aliphatic carbocycles. The summed E-state index contributed by atoms with van der Waals surface area (Å²) >= 11 is 1.71. The van der Waals surface area contributed by atoms with Crippen molar-refractivity contribution < 1.29 is 4.79 Å². The lowest BCUT2D eigenvalue weighted by Gasteiger charge is -2.37.